The molecule has 1 aromatic carbocycles. The summed E-state index contributed by atoms with van der Waals surface area (Å²) in [4.78, 5) is 23.7. The molecule has 0 saturated carbocycles. The molecule has 20 heavy (non-hydrogen) atoms. The predicted octanol–water partition coefficient (Wildman–Crippen LogP) is 0.914. The van der Waals surface area contributed by atoms with Gasteiger partial charge >= 0.3 is 5.97 Å². The number of esters is 1. The van der Waals surface area contributed by atoms with Gasteiger partial charge in [0.1, 0.15) is 6.54 Å². The van der Waals surface area contributed by atoms with Crippen LogP contribution in [0.4, 0.5) is 0 Å². The Kier molecular flexibility index (Phi) is 4.49. The van der Waals surface area contributed by atoms with Crippen LogP contribution < -0.4 is 5.32 Å². The standard InChI is InChI=1S/C14H15N3O3/c1-20-14(19)13(11-6-3-2-4-7-11)16-12(18)10-17-9-5-8-15-17/h2-9,13H,10H2,1H3,(H,16,18). The van der Waals surface area contributed by atoms with Crippen molar-refractivity contribution in [2.24, 2.45) is 0 Å². The Hall–Kier alpha value is -2.63. The van der Waals surface area contributed by atoms with Gasteiger partial charge in [-0.3, -0.25) is 9.48 Å². The lowest BCUT2D eigenvalue weighted by atomic mass is 10.1. The second-order valence-electron chi connectivity index (χ2n) is 4.14. The van der Waals surface area contributed by atoms with Gasteiger partial charge in [-0.05, 0) is 11.6 Å². The molecule has 1 heterocycles. The summed E-state index contributed by atoms with van der Waals surface area (Å²) in [5, 5.41) is 6.59. The number of hydrogen-bond donors (Lipinski definition) is 1. The second kappa shape index (κ2) is 6.51. The molecule has 0 spiro atoms. The van der Waals surface area contributed by atoms with Gasteiger partial charge in [-0.15, -0.1) is 0 Å². The Morgan fingerprint density at radius 3 is 2.65 bits per heavy atom. The molecule has 1 aromatic heterocycles. The zero-order valence-electron chi connectivity index (χ0n) is 11.0. The largest absolute Gasteiger partial charge is 0.467 e. The zero-order valence-corrected chi connectivity index (χ0v) is 11.0. The molecule has 0 radical (unpaired) electrons. The van der Waals surface area contributed by atoms with Crippen LogP contribution in [0.25, 0.3) is 0 Å². The number of nitrogens with one attached hydrogen (secondary N) is 1. The van der Waals surface area contributed by atoms with E-state index in [1.54, 1.807) is 42.7 Å². The molecule has 2 aromatic rings. The van der Waals surface area contributed by atoms with Gasteiger partial charge in [0, 0.05) is 12.4 Å². The maximum atomic E-state index is 11.9. The molecule has 1 unspecified atom stereocenters. The van der Waals surface area contributed by atoms with E-state index in [2.05, 4.69) is 10.4 Å². The van der Waals surface area contributed by atoms with Crippen molar-refractivity contribution in [2.75, 3.05) is 7.11 Å². The van der Waals surface area contributed by atoms with Gasteiger partial charge in [-0.2, -0.15) is 5.10 Å². The van der Waals surface area contributed by atoms with Crippen molar-refractivity contribution < 1.29 is 14.3 Å². The summed E-state index contributed by atoms with van der Waals surface area (Å²) in [5.74, 6) is -0.821. The van der Waals surface area contributed by atoms with Crippen LogP contribution in [-0.2, 0) is 20.9 Å². The molecule has 1 amide bonds. The number of carbonyl (C=O) groups is 2. The molecular weight excluding hydrogens is 258 g/mol. The predicted molar refractivity (Wildman–Crippen MR) is 71.6 cm³/mol. The van der Waals surface area contributed by atoms with Gasteiger partial charge in [0.05, 0.1) is 7.11 Å². The highest BCUT2D eigenvalue weighted by atomic mass is 16.5. The molecule has 1 N–H and O–H groups in total. The highest BCUT2D eigenvalue weighted by Crippen LogP contribution is 2.14. The SMILES string of the molecule is COC(=O)C(NC(=O)Cn1cccn1)c1ccccc1. The van der Waals surface area contributed by atoms with Crippen LogP contribution in [0.5, 0.6) is 0 Å². The normalized spacial score (nSPS) is 11.7. The minimum atomic E-state index is -0.815. The van der Waals surface area contributed by atoms with Crippen LogP contribution in [-0.4, -0.2) is 28.8 Å². The van der Waals surface area contributed by atoms with E-state index in [1.807, 2.05) is 6.07 Å². The third-order valence-electron chi connectivity index (χ3n) is 2.74. The van der Waals surface area contributed by atoms with Crippen molar-refractivity contribution in [1.82, 2.24) is 15.1 Å². The first-order valence-electron chi connectivity index (χ1n) is 6.10. The average molecular weight is 273 g/mol. The topological polar surface area (TPSA) is 73.2 Å². The van der Waals surface area contributed by atoms with Crippen LogP contribution in [0, 0.1) is 0 Å². The molecule has 0 saturated heterocycles. The Morgan fingerprint density at radius 1 is 1.30 bits per heavy atom. The zero-order chi connectivity index (χ0) is 14.4. The number of rotatable bonds is 5. The maximum Gasteiger partial charge on any atom is 0.333 e. The van der Waals surface area contributed by atoms with E-state index >= 15 is 0 Å². The molecular formula is C14H15N3O3. The molecule has 0 aliphatic carbocycles. The Balaban J connectivity index is 2.08. The molecule has 2 rings (SSSR count). The van der Waals surface area contributed by atoms with Gasteiger partial charge in [0.2, 0.25) is 5.91 Å². The van der Waals surface area contributed by atoms with Gasteiger partial charge in [0.25, 0.3) is 0 Å². The Morgan fingerprint density at radius 2 is 2.05 bits per heavy atom. The van der Waals surface area contributed by atoms with Crippen LogP contribution in [0.15, 0.2) is 48.8 Å². The van der Waals surface area contributed by atoms with Crippen molar-refractivity contribution in [2.45, 2.75) is 12.6 Å². The monoisotopic (exact) mass is 273 g/mol. The molecule has 1 atom stereocenters. The van der Waals surface area contributed by atoms with Crippen LogP contribution in [0.1, 0.15) is 11.6 Å². The van der Waals surface area contributed by atoms with Crippen molar-refractivity contribution >= 4 is 11.9 Å². The molecule has 6 heteroatoms. The minimum absolute atomic E-state index is 0.0489. The fraction of sp³-hybridized carbons (Fsp3) is 0.214. The van der Waals surface area contributed by atoms with Crippen molar-refractivity contribution in [1.29, 1.82) is 0 Å². The number of nitrogens with zero attached hydrogens (tertiary/aromatic N) is 2. The number of hydrogen-bond acceptors (Lipinski definition) is 4. The smallest absolute Gasteiger partial charge is 0.333 e. The lowest BCUT2D eigenvalue weighted by Gasteiger charge is -2.16. The minimum Gasteiger partial charge on any atom is -0.467 e. The average Bonchev–Trinajstić information content (AvgIpc) is 2.97. The second-order valence-corrected chi connectivity index (χ2v) is 4.14. The van der Waals surface area contributed by atoms with E-state index in [0.717, 1.165) is 0 Å². The molecule has 0 bridgehead atoms. The van der Waals surface area contributed by atoms with E-state index in [1.165, 1.54) is 11.8 Å². The first-order chi connectivity index (χ1) is 9.70. The number of benzene rings is 1. The number of amides is 1. The van der Waals surface area contributed by atoms with E-state index < -0.39 is 12.0 Å². The maximum absolute atomic E-state index is 11.9. The highest BCUT2D eigenvalue weighted by molar-refractivity contribution is 5.85. The van der Waals surface area contributed by atoms with Gasteiger partial charge < -0.3 is 10.1 Å². The van der Waals surface area contributed by atoms with Crippen LogP contribution in [0.2, 0.25) is 0 Å². The van der Waals surface area contributed by atoms with E-state index in [4.69, 9.17) is 4.74 Å². The van der Waals surface area contributed by atoms with Gasteiger partial charge in [-0.1, -0.05) is 30.3 Å². The summed E-state index contributed by atoms with van der Waals surface area (Å²) in [6, 6.07) is 9.86. The first-order valence-corrected chi connectivity index (χ1v) is 6.10. The fourth-order valence-corrected chi connectivity index (χ4v) is 1.79. The molecule has 0 aliphatic heterocycles. The lowest BCUT2D eigenvalue weighted by Crippen LogP contribution is -2.36. The third kappa shape index (κ3) is 3.44. The van der Waals surface area contributed by atoms with Crippen LogP contribution >= 0.6 is 0 Å². The highest BCUT2D eigenvalue weighted by Gasteiger charge is 2.23. The molecule has 6 nitrogen and oxygen atoms in total. The molecule has 104 valence electrons. The molecule has 0 aliphatic rings. The van der Waals surface area contributed by atoms with Crippen LogP contribution in [0.3, 0.4) is 0 Å². The van der Waals surface area contributed by atoms with Crippen molar-refractivity contribution in [3.8, 4) is 0 Å². The Labute approximate surface area is 116 Å². The van der Waals surface area contributed by atoms with Gasteiger partial charge in [-0.25, -0.2) is 4.79 Å². The summed E-state index contributed by atoms with van der Waals surface area (Å²) >= 11 is 0. The Bertz CT molecular complexity index is 567. The van der Waals surface area contributed by atoms with E-state index in [-0.39, 0.29) is 12.5 Å². The quantitative estimate of drug-likeness (QED) is 0.822. The summed E-state index contributed by atoms with van der Waals surface area (Å²) < 4.78 is 6.21. The number of methoxy groups -OCH3 is 1. The summed E-state index contributed by atoms with van der Waals surface area (Å²) in [6.45, 7) is 0.0489. The van der Waals surface area contributed by atoms with E-state index in [9.17, 15) is 9.59 Å². The number of aromatic nitrogens is 2. The fourth-order valence-electron chi connectivity index (χ4n) is 1.79. The lowest BCUT2D eigenvalue weighted by molar-refractivity contribution is -0.145. The first kappa shape index (κ1) is 13.8. The molecule has 0 fully saturated rings. The van der Waals surface area contributed by atoms with E-state index in [0.29, 0.717) is 5.56 Å². The third-order valence-corrected chi connectivity index (χ3v) is 2.74. The van der Waals surface area contributed by atoms with Crippen molar-refractivity contribution in [3.63, 3.8) is 0 Å². The number of ether oxygens (including phenoxy) is 1. The van der Waals surface area contributed by atoms with Gasteiger partial charge in [0.15, 0.2) is 6.04 Å². The van der Waals surface area contributed by atoms with Crippen molar-refractivity contribution in [3.05, 3.63) is 54.4 Å². The number of carbonyl (C=O) groups excluding carboxylic acids is 2. The summed E-state index contributed by atoms with van der Waals surface area (Å²) in [6.07, 6.45) is 3.26. The summed E-state index contributed by atoms with van der Waals surface area (Å²) in [7, 11) is 1.29. The summed E-state index contributed by atoms with van der Waals surface area (Å²) in [5.41, 5.74) is 0.674.